The fourth-order valence-electron chi connectivity index (χ4n) is 3.25. The summed E-state index contributed by atoms with van der Waals surface area (Å²) < 4.78 is 28.2. The fourth-order valence-corrected chi connectivity index (χ4v) is 4.05. The molecule has 0 radical (unpaired) electrons. The number of halogens is 1. The second-order valence-electron chi connectivity index (χ2n) is 7.84. The van der Waals surface area contributed by atoms with E-state index in [0.717, 1.165) is 0 Å². The van der Waals surface area contributed by atoms with Gasteiger partial charge < -0.3 is 34.2 Å². The van der Waals surface area contributed by atoms with Gasteiger partial charge in [0.15, 0.2) is 22.0 Å². The molecule has 3 aromatic rings. The molecule has 2 aromatic carbocycles. The molecule has 200 valence electrons. The zero-order chi connectivity index (χ0) is 26.4. The van der Waals surface area contributed by atoms with Crippen LogP contribution < -0.4 is 30.1 Å². The van der Waals surface area contributed by atoms with Crippen molar-refractivity contribution in [3.8, 4) is 23.0 Å². The van der Waals surface area contributed by atoms with Crippen molar-refractivity contribution in [2.75, 3.05) is 13.7 Å². The number of carbonyl (C=O) groups is 2. The summed E-state index contributed by atoms with van der Waals surface area (Å²) in [5.74, 6) is -0.879. The van der Waals surface area contributed by atoms with Crippen molar-refractivity contribution in [3.05, 3.63) is 46.6 Å². The van der Waals surface area contributed by atoms with Gasteiger partial charge in [0.25, 0.3) is 0 Å². The van der Waals surface area contributed by atoms with Crippen LogP contribution in [0.25, 0.3) is 11.0 Å². The van der Waals surface area contributed by atoms with Crippen LogP contribution in [0.4, 0.5) is 0 Å². The lowest BCUT2D eigenvalue weighted by atomic mass is 10.1. The number of carboxylic acid groups (broad SMARTS) is 1. The summed E-state index contributed by atoms with van der Waals surface area (Å²) in [6, 6.07) is 8.06. The van der Waals surface area contributed by atoms with E-state index in [1.54, 1.807) is 25.1 Å². The largest absolute Gasteiger partial charge is 0.490 e. The van der Waals surface area contributed by atoms with Crippen LogP contribution in [0.15, 0.2) is 55.6 Å². The van der Waals surface area contributed by atoms with Crippen LogP contribution in [-0.2, 0) is 9.59 Å². The molecule has 0 fully saturated rings. The molecule has 3 rings (SSSR count). The first-order valence-electron chi connectivity index (χ1n) is 11.1. The standard InChI is InChI=1S/C25H27NO9S.ClH/c1-5-32-24-22-17(27)11-21(35-18(22)12-19(23(24)31-4)33-13(2)3)36-15-8-6-14(7-9-15)34-25(30)16(26)10-20(28)29;/h6-9,11-13,16H,5,10,26H2,1-4H3,(H,28,29);1H. The van der Waals surface area contributed by atoms with Gasteiger partial charge in [0.05, 0.1) is 26.2 Å². The fraction of sp³-hybridized carbons (Fsp3) is 0.320. The molecular weight excluding hydrogens is 526 g/mol. The molecule has 1 heterocycles. The van der Waals surface area contributed by atoms with Gasteiger partial charge in [-0.2, -0.15) is 0 Å². The van der Waals surface area contributed by atoms with Crippen molar-refractivity contribution >= 4 is 47.1 Å². The van der Waals surface area contributed by atoms with Crippen LogP contribution in [0.2, 0.25) is 0 Å². The molecule has 0 aliphatic carbocycles. The van der Waals surface area contributed by atoms with Gasteiger partial charge in [-0.1, -0.05) is 11.8 Å². The number of esters is 1. The third-order valence-electron chi connectivity index (χ3n) is 4.68. The Morgan fingerprint density at radius 1 is 1.14 bits per heavy atom. The molecule has 1 unspecified atom stereocenters. The molecule has 0 saturated carbocycles. The first-order chi connectivity index (χ1) is 17.1. The number of carboxylic acids is 1. The van der Waals surface area contributed by atoms with E-state index in [2.05, 4.69) is 0 Å². The molecule has 0 aliphatic rings. The number of aliphatic carboxylic acids is 1. The van der Waals surface area contributed by atoms with Gasteiger partial charge in [-0.15, -0.1) is 12.4 Å². The predicted molar refractivity (Wildman–Crippen MR) is 140 cm³/mol. The quantitative estimate of drug-likeness (QED) is 0.259. The van der Waals surface area contributed by atoms with Crippen LogP contribution in [0.3, 0.4) is 0 Å². The van der Waals surface area contributed by atoms with Crippen LogP contribution in [-0.4, -0.2) is 42.9 Å². The first kappa shape index (κ1) is 29.8. The van der Waals surface area contributed by atoms with Crippen molar-refractivity contribution in [1.29, 1.82) is 0 Å². The second-order valence-corrected chi connectivity index (χ2v) is 8.92. The summed E-state index contributed by atoms with van der Waals surface area (Å²) in [4.78, 5) is 36.3. The maximum absolute atomic E-state index is 13.0. The number of benzene rings is 2. The summed E-state index contributed by atoms with van der Waals surface area (Å²) in [6.45, 7) is 5.85. The van der Waals surface area contributed by atoms with E-state index in [1.807, 2.05) is 13.8 Å². The van der Waals surface area contributed by atoms with Crippen LogP contribution in [0, 0.1) is 0 Å². The smallest absolute Gasteiger partial charge is 0.328 e. The Hall–Kier alpha value is -3.41. The molecule has 0 bridgehead atoms. The number of fused-ring (bicyclic) bond motifs is 1. The number of hydrogen-bond acceptors (Lipinski definition) is 10. The Bertz CT molecular complexity index is 1310. The zero-order valence-corrected chi connectivity index (χ0v) is 22.3. The minimum absolute atomic E-state index is 0. The molecule has 10 nitrogen and oxygen atoms in total. The maximum atomic E-state index is 13.0. The maximum Gasteiger partial charge on any atom is 0.328 e. The van der Waals surface area contributed by atoms with E-state index >= 15 is 0 Å². The van der Waals surface area contributed by atoms with Crippen molar-refractivity contribution in [2.24, 2.45) is 5.73 Å². The Kier molecular flexibility index (Phi) is 10.7. The molecule has 1 aromatic heterocycles. The zero-order valence-electron chi connectivity index (χ0n) is 20.6. The predicted octanol–water partition coefficient (Wildman–Crippen LogP) is 4.27. The average Bonchev–Trinajstić information content (AvgIpc) is 2.79. The molecule has 0 saturated heterocycles. The highest BCUT2D eigenvalue weighted by Gasteiger charge is 2.22. The average molecular weight is 554 g/mol. The number of hydrogen-bond donors (Lipinski definition) is 2. The molecule has 1 atom stereocenters. The molecule has 37 heavy (non-hydrogen) atoms. The van der Waals surface area contributed by atoms with E-state index in [9.17, 15) is 14.4 Å². The number of nitrogens with two attached hydrogens (primary N) is 1. The Morgan fingerprint density at radius 3 is 2.38 bits per heavy atom. The minimum atomic E-state index is -1.27. The van der Waals surface area contributed by atoms with Crippen LogP contribution in [0.5, 0.6) is 23.0 Å². The van der Waals surface area contributed by atoms with Crippen molar-refractivity contribution in [3.63, 3.8) is 0 Å². The summed E-state index contributed by atoms with van der Waals surface area (Å²) in [7, 11) is 1.48. The van der Waals surface area contributed by atoms with Gasteiger partial charge in [-0.25, -0.2) is 4.79 Å². The summed E-state index contributed by atoms with van der Waals surface area (Å²) in [5, 5.41) is 9.31. The highest BCUT2D eigenvalue weighted by molar-refractivity contribution is 7.99. The highest BCUT2D eigenvalue weighted by Crippen LogP contribution is 2.44. The minimum Gasteiger partial charge on any atom is -0.490 e. The number of ether oxygens (including phenoxy) is 4. The van der Waals surface area contributed by atoms with Crippen LogP contribution >= 0.6 is 24.2 Å². The lowest BCUT2D eigenvalue weighted by Crippen LogP contribution is -2.36. The summed E-state index contributed by atoms with van der Waals surface area (Å²) >= 11 is 1.19. The second kappa shape index (κ2) is 13.2. The van der Waals surface area contributed by atoms with Gasteiger partial charge in [0.1, 0.15) is 22.8 Å². The first-order valence-corrected chi connectivity index (χ1v) is 11.9. The van der Waals surface area contributed by atoms with Crippen molar-refractivity contribution in [2.45, 2.75) is 49.3 Å². The molecule has 12 heteroatoms. The molecule has 0 spiro atoms. The topological polar surface area (TPSA) is 148 Å². The van der Waals surface area contributed by atoms with E-state index in [1.165, 1.54) is 37.1 Å². The van der Waals surface area contributed by atoms with Gasteiger partial charge in [0, 0.05) is 17.0 Å². The van der Waals surface area contributed by atoms with Gasteiger partial charge in [-0.3, -0.25) is 9.59 Å². The molecule has 0 amide bonds. The van der Waals surface area contributed by atoms with Crippen molar-refractivity contribution < 1.29 is 38.1 Å². The van der Waals surface area contributed by atoms with Gasteiger partial charge in [-0.05, 0) is 45.0 Å². The number of rotatable bonds is 11. The lowest BCUT2D eigenvalue weighted by Gasteiger charge is -2.18. The van der Waals surface area contributed by atoms with E-state index in [4.69, 9.17) is 34.2 Å². The Balaban J connectivity index is 0.00000481. The van der Waals surface area contributed by atoms with Gasteiger partial charge in [0.2, 0.25) is 5.75 Å². The van der Waals surface area contributed by atoms with Crippen molar-refractivity contribution in [1.82, 2.24) is 0 Å². The molecule has 3 N–H and O–H groups in total. The van der Waals surface area contributed by atoms with Crippen LogP contribution in [0.1, 0.15) is 27.2 Å². The monoisotopic (exact) mass is 553 g/mol. The summed E-state index contributed by atoms with van der Waals surface area (Å²) in [5.41, 5.74) is 5.49. The third kappa shape index (κ3) is 7.54. The van der Waals surface area contributed by atoms with E-state index < -0.39 is 24.4 Å². The number of methoxy groups -OCH3 is 1. The Labute approximate surface area is 223 Å². The molecular formula is C25H28ClNO9S. The third-order valence-corrected chi connectivity index (χ3v) is 5.60. The normalized spacial score (nSPS) is 11.5. The highest BCUT2D eigenvalue weighted by atomic mass is 35.5. The molecule has 0 aliphatic heterocycles. The van der Waals surface area contributed by atoms with E-state index in [0.29, 0.717) is 28.1 Å². The SMILES string of the molecule is CCOc1c(OC)c(OC(C)C)cc2oc(Sc3ccc(OC(=O)C(N)CC(=O)O)cc3)cc(=O)c12.Cl. The van der Waals surface area contributed by atoms with Gasteiger partial charge >= 0.3 is 11.9 Å². The lowest BCUT2D eigenvalue weighted by molar-refractivity contribution is -0.143. The Morgan fingerprint density at radius 2 is 1.81 bits per heavy atom. The number of carbonyl (C=O) groups excluding carboxylic acids is 1. The summed E-state index contributed by atoms with van der Waals surface area (Å²) in [6.07, 6.45) is -0.685. The van der Waals surface area contributed by atoms with E-state index in [-0.39, 0.29) is 46.4 Å².